The molecule has 1 N–H and O–H groups in total. The van der Waals surface area contributed by atoms with E-state index in [-0.39, 0.29) is 22.9 Å². The minimum absolute atomic E-state index is 0.00999. The first kappa shape index (κ1) is 22.7. The number of hydrogen-bond donors (Lipinski definition) is 1. The van der Waals surface area contributed by atoms with Crippen molar-refractivity contribution in [1.29, 1.82) is 0 Å². The molecule has 6 nitrogen and oxygen atoms in total. The van der Waals surface area contributed by atoms with Crippen molar-refractivity contribution in [3.8, 4) is 28.4 Å². The lowest BCUT2D eigenvalue weighted by atomic mass is 10.0. The molecule has 0 atom stereocenters. The number of carboxylic acid groups (broad SMARTS) is 1. The van der Waals surface area contributed by atoms with Gasteiger partial charge in [-0.05, 0) is 69.2 Å². The van der Waals surface area contributed by atoms with E-state index in [1.165, 1.54) is 0 Å². The monoisotopic (exact) mass is 464 g/mol. The maximum atomic E-state index is 12.1. The largest absolute Gasteiger partial charge is 0.491 e. The third-order valence-corrected chi connectivity index (χ3v) is 5.39. The van der Waals surface area contributed by atoms with Gasteiger partial charge in [-0.3, -0.25) is 0 Å². The van der Waals surface area contributed by atoms with Crippen molar-refractivity contribution >= 4 is 28.5 Å². The molecule has 2 aromatic heterocycles. The summed E-state index contributed by atoms with van der Waals surface area (Å²) in [5.41, 5.74) is 3.16. The Hall–Kier alpha value is -3.51. The number of benzene rings is 2. The van der Waals surface area contributed by atoms with Gasteiger partial charge in [0.15, 0.2) is 5.69 Å². The summed E-state index contributed by atoms with van der Waals surface area (Å²) in [5, 5.41) is 10.7. The number of rotatable bonds is 7. The number of carboxylic acids is 1. The van der Waals surface area contributed by atoms with E-state index in [9.17, 15) is 9.90 Å². The molecule has 2 aromatic carbocycles. The van der Waals surface area contributed by atoms with Gasteiger partial charge in [-0.25, -0.2) is 9.78 Å². The number of fused-ring (bicyclic) bond motifs is 1. The van der Waals surface area contributed by atoms with Crippen LogP contribution in [0.3, 0.4) is 0 Å². The second-order valence-corrected chi connectivity index (χ2v) is 8.63. The molecule has 33 heavy (non-hydrogen) atoms. The molecule has 0 aliphatic heterocycles. The highest BCUT2D eigenvalue weighted by Gasteiger charge is 2.23. The lowest BCUT2D eigenvalue weighted by Crippen LogP contribution is -2.09. The summed E-state index contributed by atoms with van der Waals surface area (Å²) >= 11 is 6.58. The number of pyridine rings is 1. The van der Waals surface area contributed by atoms with Gasteiger partial charge >= 0.3 is 5.97 Å². The third kappa shape index (κ3) is 4.66. The maximum absolute atomic E-state index is 12.1. The average Bonchev–Trinajstić information content (AvgIpc) is 3.06. The molecule has 0 unspecified atom stereocenters. The van der Waals surface area contributed by atoms with Crippen molar-refractivity contribution < 1.29 is 19.4 Å². The highest BCUT2D eigenvalue weighted by Crippen LogP contribution is 2.36. The van der Waals surface area contributed by atoms with Crippen molar-refractivity contribution in [2.75, 3.05) is 0 Å². The molecule has 7 heteroatoms. The smallest absolute Gasteiger partial charge is 0.354 e. The van der Waals surface area contributed by atoms with Crippen LogP contribution in [0.25, 0.3) is 27.7 Å². The van der Waals surface area contributed by atoms with E-state index < -0.39 is 5.97 Å². The standard InChI is InChI=1S/C26H25ClN2O4/c1-15(2)32-20-9-5-17(6-10-20)18-7-11-22-21(13-18)24(27)25(26(30)31)29(22)19-8-12-23(28-14-19)33-16(3)4/h5-16H,1-4H3,(H,30,31). The first-order valence-electron chi connectivity index (χ1n) is 10.7. The normalized spacial score (nSPS) is 11.4. The first-order chi connectivity index (χ1) is 15.7. The molecule has 170 valence electrons. The number of ether oxygens (including phenoxy) is 2. The summed E-state index contributed by atoms with van der Waals surface area (Å²) in [6.07, 6.45) is 1.67. The lowest BCUT2D eigenvalue weighted by Gasteiger charge is -2.12. The van der Waals surface area contributed by atoms with Gasteiger partial charge in [-0.1, -0.05) is 29.8 Å². The van der Waals surface area contributed by atoms with Gasteiger partial charge in [-0.15, -0.1) is 0 Å². The number of nitrogens with zero attached hydrogens (tertiary/aromatic N) is 2. The summed E-state index contributed by atoms with van der Waals surface area (Å²) in [6, 6.07) is 17.0. The Morgan fingerprint density at radius 1 is 0.939 bits per heavy atom. The molecule has 0 fully saturated rings. The predicted octanol–water partition coefficient (Wildman–Crippen LogP) is 6.62. The zero-order chi connectivity index (χ0) is 23.7. The zero-order valence-electron chi connectivity index (χ0n) is 18.9. The summed E-state index contributed by atoms with van der Waals surface area (Å²) in [7, 11) is 0. The highest BCUT2D eigenvalue weighted by atomic mass is 35.5. The van der Waals surface area contributed by atoms with Gasteiger partial charge < -0.3 is 19.1 Å². The summed E-state index contributed by atoms with van der Waals surface area (Å²) in [4.78, 5) is 16.4. The first-order valence-corrected chi connectivity index (χ1v) is 11.1. The zero-order valence-corrected chi connectivity index (χ0v) is 19.6. The van der Waals surface area contributed by atoms with Crippen molar-refractivity contribution in [3.05, 3.63) is 71.5 Å². The molecule has 4 aromatic rings. The lowest BCUT2D eigenvalue weighted by molar-refractivity contribution is 0.0689. The quantitative estimate of drug-likeness (QED) is 0.332. The van der Waals surface area contributed by atoms with E-state index in [1.54, 1.807) is 22.9 Å². The van der Waals surface area contributed by atoms with Crippen LogP contribution in [-0.4, -0.2) is 32.8 Å². The van der Waals surface area contributed by atoms with Crippen LogP contribution in [0.15, 0.2) is 60.8 Å². The molecule has 4 rings (SSSR count). The van der Waals surface area contributed by atoms with E-state index in [4.69, 9.17) is 21.1 Å². The molecule has 0 saturated heterocycles. The van der Waals surface area contributed by atoms with E-state index in [2.05, 4.69) is 4.98 Å². The third-order valence-electron chi connectivity index (χ3n) is 5.00. The van der Waals surface area contributed by atoms with Crippen LogP contribution >= 0.6 is 11.6 Å². The van der Waals surface area contributed by atoms with Gasteiger partial charge in [0.25, 0.3) is 0 Å². The predicted molar refractivity (Wildman–Crippen MR) is 130 cm³/mol. The number of carbonyl (C=O) groups is 1. The number of hydrogen-bond acceptors (Lipinski definition) is 4. The molecule has 2 heterocycles. The van der Waals surface area contributed by atoms with Crippen molar-refractivity contribution in [2.24, 2.45) is 0 Å². The van der Waals surface area contributed by atoms with E-state index >= 15 is 0 Å². The molecule has 0 aliphatic carbocycles. The van der Waals surface area contributed by atoms with Crippen LogP contribution in [0.4, 0.5) is 0 Å². The highest BCUT2D eigenvalue weighted by molar-refractivity contribution is 6.38. The van der Waals surface area contributed by atoms with Crippen molar-refractivity contribution in [3.63, 3.8) is 0 Å². The van der Waals surface area contributed by atoms with Crippen LogP contribution in [0, 0.1) is 0 Å². The Balaban J connectivity index is 1.79. The van der Waals surface area contributed by atoms with E-state index in [0.29, 0.717) is 22.5 Å². The Morgan fingerprint density at radius 3 is 2.18 bits per heavy atom. The van der Waals surface area contributed by atoms with Crippen molar-refractivity contribution in [2.45, 2.75) is 39.9 Å². The number of aromatic carboxylic acids is 1. The van der Waals surface area contributed by atoms with Crippen molar-refractivity contribution in [1.82, 2.24) is 9.55 Å². The fourth-order valence-electron chi connectivity index (χ4n) is 3.70. The Kier molecular flexibility index (Phi) is 6.29. The van der Waals surface area contributed by atoms with Crippen LogP contribution in [-0.2, 0) is 0 Å². The Bertz CT molecular complexity index is 1290. The second kappa shape index (κ2) is 9.16. The summed E-state index contributed by atoms with van der Waals surface area (Å²) in [6.45, 7) is 7.80. The molecule has 0 radical (unpaired) electrons. The number of halogens is 1. The van der Waals surface area contributed by atoms with E-state index in [0.717, 1.165) is 16.9 Å². The molecule has 0 bridgehead atoms. The molecular weight excluding hydrogens is 440 g/mol. The SMILES string of the molecule is CC(C)Oc1ccc(-c2ccc3c(c2)c(Cl)c(C(=O)O)n3-c2ccc(OC(C)C)nc2)cc1. The molecule has 0 amide bonds. The van der Waals surface area contributed by atoms with Gasteiger partial charge in [0.2, 0.25) is 5.88 Å². The molecule has 0 saturated carbocycles. The van der Waals surface area contributed by atoms with Gasteiger partial charge in [0.1, 0.15) is 5.75 Å². The topological polar surface area (TPSA) is 73.6 Å². The van der Waals surface area contributed by atoms with Gasteiger partial charge in [0.05, 0.1) is 34.6 Å². The second-order valence-electron chi connectivity index (χ2n) is 8.25. The molecule has 0 spiro atoms. The van der Waals surface area contributed by atoms with Crippen LogP contribution < -0.4 is 9.47 Å². The summed E-state index contributed by atoms with van der Waals surface area (Å²) < 4.78 is 12.9. The molecule has 0 aliphatic rings. The summed E-state index contributed by atoms with van der Waals surface area (Å²) in [5.74, 6) is 0.153. The minimum Gasteiger partial charge on any atom is -0.491 e. The van der Waals surface area contributed by atoms with E-state index in [1.807, 2.05) is 70.2 Å². The minimum atomic E-state index is -1.12. The molecular formula is C26H25ClN2O4. The van der Waals surface area contributed by atoms with Crippen LogP contribution in [0.5, 0.6) is 11.6 Å². The Morgan fingerprint density at radius 2 is 1.61 bits per heavy atom. The van der Waals surface area contributed by atoms with Crippen LogP contribution in [0.2, 0.25) is 5.02 Å². The van der Waals surface area contributed by atoms with Gasteiger partial charge in [0, 0.05) is 11.5 Å². The average molecular weight is 465 g/mol. The maximum Gasteiger partial charge on any atom is 0.354 e. The fraction of sp³-hybridized carbons (Fsp3) is 0.231. The van der Waals surface area contributed by atoms with Crippen LogP contribution in [0.1, 0.15) is 38.2 Å². The fourth-order valence-corrected chi connectivity index (χ4v) is 4.02. The Labute approximate surface area is 197 Å². The van der Waals surface area contributed by atoms with Gasteiger partial charge in [-0.2, -0.15) is 0 Å². The number of aromatic nitrogens is 2.